The van der Waals surface area contributed by atoms with Crippen molar-refractivity contribution in [2.45, 2.75) is 202 Å². The zero-order valence-electron chi connectivity index (χ0n) is 45.7. The molecule has 0 aliphatic carbocycles. The molecule has 3 heterocycles. The van der Waals surface area contributed by atoms with Gasteiger partial charge in [-0.15, -0.1) is 0 Å². The zero-order valence-corrected chi connectivity index (χ0v) is 45.7. The molecule has 2 fully saturated rings. The van der Waals surface area contributed by atoms with Gasteiger partial charge in [-0.3, -0.25) is 14.4 Å². The number of aliphatic hydroxyl groups excluding tert-OH is 9. The van der Waals surface area contributed by atoms with E-state index in [1.54, 1.807) is 93.8 Å². The third kappa shape index (κ3) is 22.9. The standard InChI is InChI=1S/C59H88N2O17/c1-36-18-16-14-12-10-8-6-7-9-11-13-15-17-19-49(76-58-56(73)55(72)54(60)39(4)75-58)33-52-38(3)51(70)35-59(74,78-52)34-48(68)30-46(66)28-44(64)26-43(63)27-45(65)29-47(67)32-53(71)77-57(36)37(2)20-25-42(62)31-50(69)40-21-23-41(61-5)24-22-40/h6-19,21-24,36-39,42-44,46-49,51-52,54-58,61-64,66-68,70,72-74H,20,25-35,60H2,1-5H3/t36-,37-,38+,39+,42?,43+,44-,46-,47+,48-,49-,51-,52-,54+,55-,56-,57?,58-,59-/m0/s1. The first-order valence-electron chi connectivity index (χ1n) is 27.3. The quantitative estimate of drug-likeness (QED) is 0.117. The largest absolute Gasteiger partial charge is 0.461 e. The molecule has 0 saturated carbocycles. The van der Waals surface area contributed by atoms with Gasteiger partial charge in [-0.25, -0.2) is 0 Å². The lowest BCUT2D eigenvalue weighted by Gasteiger charge is -2.45. The van der Waals surface area contributed by atoms with Crippen LogP contribution in [0.15, 0.2) is 109 Å². The van der Waals surface area contributed by atoms with Crippen molar-refractivity contribution in [1.29, 1.82) is 0 Å². The van der Waals surface area contributed by atoms with Gasteiger partial charge in [0.15, 0.2) is 17.9 Å². The third-order valence-corrected chi connectivity index (χ3v) is 14.5. The Bertz CT molecular complexity index is 2200. The molecular formula is C59H88N2O17. The molecule has 0 amide bonds. The minimum absolute atomic E-state index is 0.0224. The molecule has 19 nitrogen and oxygen atoms in total. The van der Waals surface area contributed by atoms with Crippen LogP contribution in [0.4, 0.5) is 5.69 Å². The van der Waals surface area contributed by atoms with E-state index in [1.165, 1.54) is 0 Å². The molecule has 19 atom stereocenters. The van der Waals surface area contributed by atoms with E-state index >= 15 is 0 Å². The van der Waals surface area contributed by atoms with E-state index in [0.29, 0.717) is 12.0 Å². The number of cyclic esters (lactones) is 1. The lowest BCUT2D eigenvalue weighted by Crippen LogP contribution is -2.61. The topological polar surface area (TPSA) is 328 Å². The molecule has 1 aromatic rings. The predicted octanol–water partition coefficient (Wildman–Crippen LogP) is 3.68. The highest BCUT2D eigenvalue weighted by molar-refractivity contribution is 5.96. The van der Waals surface area contributed by atoms with E-state index in [-0.39, 0.29) is 62.6 Å². The average Bonchev–Trinajstić information content (AvgIpc) is 3.38. The molecule has 436 valence electrons. The maximum atomic E-state index is 13.3. The number of ether oxygens (including phenoxy) is 4. The molecule has 0 spiro atoms. The van der Waals surface area contributed by atoms with Gasteiger partial charge in [0.05, 0.1) is 73.5 Å². The van der Waals surface area contributed by atoms with Crippen molar-refractivity contribution < 1.29 is 84.4 Å². The summed E-state index contributed by atoms with van der Waals surface area (Å²) >= 11 is 0. The number of aliphatic hydroxyl groups is 10. The van der Waals surface area contributed by atoms with Crippen LogP contribution in [-0.2, 0) is 28.5 Å². The second kappa shape index (κ2) is 33.3. The Labute approximate surface area is 459 Å². The maximum Gasteiger partial charge on any atom is 0.308 e. The fourth-order valence-electron chi connectivity index (χ4n) is 9.87. The monoisotopic (exact) mass is 1100 g/mol. The Kier molecular flexibility index (Phi) is 28.1. The molecule has 0 aromatic heterocycles. The molecule has 2 saturated heterocycles. The van der Waals surface area contributed by atoms with Gasteiger partial charge in [0.1, 0.15) is 24.1 Å². The van der Waals surface area contributed by atoms with Gasteiger partial charge in [0.2, 0.25) is 0 Å². The van der Waals surface area contributed by atoms with Crippen molar-refractivity contribution in [1.82, 2.24) is 0 Å². The van der Waals surface area contributed by atoms with E-state index in [0.717, 1.165) is 5.69 Å². The Morgan fingerprint density at radius 1 is 0.718 bits per heavy atom. The molecule has 2 bridgehead atoms. The van der Waals surface area contributed by atoms with Crippen molar-refractivity contribution in [3.63, 3.8) is 0 Å². The molecular weight excluding hydrogens is 1010 g/mol. The molecule has 1 aromatic carbocycles. The first kappa shape index (κ1) is 66.0. The lowest BCUT2D eigenvalue weighted by atomic mass is 9.84. The highest BCUT2D eigenvalue weighted by atomic mass is 16.7. The average molecular weight is 1100 g/mol. The first-order valence-corrected chi connectivity index (χ1v) is 27.3. The predicted molar refractivity (Wildman–Crippen MR) is 293 cm³/mol. The van der Waals surface area contributed by atoms with Crippen molar-refractivity contribution in [2.75, 3.05) is 12.4 Å². The lowest BCUT2D eigenvalue weighted by molar-refractivity contribution is -0.309. The summed E-state index contributed by atoms with van der Waals surface area (Å²) in [5, 5.41) is 112. The van der Waals surface area contributed by atoms with Crippen LogP contribution in [-0.4, -0.2) is 173 Å². The first-order chi connectivity index (χ1) is 37.0. The fraction of sp³-hybridized carbons (Fsp3) is 0.610. The van der Waals surface area contributed by atoms with Crippen LogP contribution in [0.25, 0.3) is 0 Å². The van der Waals surface area contributed by atoms with Crippen LogP contribution >= 0.6 is 0 Å². The van der Waals surface area contributed by atoms with Gasteiger partial charge in [-0.2, -0.15) is 0 Å². The molecule has 19 heteroatoms. The summed E-state index contributed by atoms with van der Waals surface area (Å²) in [4.78, 5) is 39.2. The number of hydrogen-bond acceptors (Lipinski definition) is 19. The van der Waals surface area contributed by atoms with E-state index in [2.05, 4.69) is 5.32 Å². The Morgan fingerprint density at radius 3 is 1.87 bits per heavy atom. The van der Waals surface area contributed by atoms with E-state index < -0.39 is 141 Å². The third-order valence-electron chi connectivity index (χ3n) is 14.5. The SMILES string of the molecule is CNc1ccc(C(=O)CC(O)CC[C@H](C)C2OC(=O)C[C@H](O)CC(=O)C[C@H](O)C[C@H](O)C[C@H](O)C[C@H](O)C[C@@]3(O)C[C@H](O)[C@@H](C)[C@H](C[C@@H](O[C@@H]4O[C@H](C)[C@@H](N)[C@H](O)[C@@H]4O)C=CC=CC=CC=CC=CC=CC=C[C@@H]2C)O3)cc1. The summed E-state index contributed by atoms with van der Waals surface area (Å²) in [5.41, 5.74) is 7.33. The Hall–Kier alpha value is -4.55. The van der Waals surface area contributed by atoms with E-state index in [9.17, 15) is 65.4 Å². The maximum absolute atomic E-state index is 13.3. The molecule has 3 aliphatic rings. The van der Waals surface area contributed by atoms with Crippen molar-refractivity contribution >= 4 is 23.2 Å². The number of allylic oxidation sites excluding steroid dienone is 12. The summed E-state index contributed by atoms with van der Waals surface area (Å²) in [5.74, 6) is -4.84. The van der Waals surface area contributed by atoms with Gasteiger partial charge in [-0.05, 0) is 69.2 Å². The van der Waals surface area contributed by atoms with Gasteiger partial charge >= 0.3 is 5.97 Å². The molecule has 78 heavy (non-hydrogen) atoms. The van der Waals surface area contributed by atoms with Crippen molar-refractivity contribution in [3.05, 3.63) is 115 Å². The van der Waals surface area contributed by atoms with Crippen LogP contribution in [0.1, 0.15) is 115 Å². The zero-order chi connectivity index (χ0) is 57.5. The fourth-order valence-corrected chi connectivity index (χ4v) is 9.87. The van der Waals surface area contributed by atoms with Crippen LogP contribution in [0.3, 0.4) is 0 Å². The second-order valence-corrected chi connectivity index (χ2v) is 21.4. The number of Topliss-reactive ketones (excluding diaryl/α,β-unsaturated/α-hetero) is 2. The molecule has 3 aliphatic heterocycles. The number of rotatable bonds is 10. The summed E-state index contributed by atoms with van der Waals surface area (Å²) in [6.07, 6.45) is 6.18. The number of anilines is 1. The normalized spacial score (nSPS) is 35.9. The molecule has 13 N–H and O–H groups in total. The summed E-state index contributed by atoms with van der Waals surface area (Å²) in [6, 6.07) is 6.07. The van der Waals surface area contributed by atoms with Crippen LogP contribution in [0.5, 0.6) is 0 Å². The van der Waals surface area contributed by atoms with Gasteiger partial charge < -0.3 is 81.1 Å². The highest BCUT2D eigenvalue weighted by Gasteiger charge is 2.47. The van der Waals surface area contributed by atoms with E-state index in [4.69, 9.17) is 24.7 Å². The minimum Gasteiger partial charge on any atom is -0.461 e. The number of esters is 1. The minimum atomic E-state index is -2.07. The number of hydrogen-bond donors (Lipinski definition) is 12. The number of nitrogens with two attached hydrogens (primary N) is 1. The molecule has 4 rings (SSSR count). The van der Waals surface area contributed by atoms with Crippen LogP contribution < -0.4 is 11.1 Å². The highest BCUT2D eigenvalue weighted by Crippen LogP contribution is 2.38. The summed E-state index contributed by atoms with van der Waals surface area (Å²) < 4.78 is 24.1. The number of nitrogens with one attached hydrogen (secondary N) is 1. The number of ketones is 2. The van der Waals surface area contributed by atoms with Crippen molar-refractivity contribution in [2.24, 2.45) is 23.5 Å². The number of carbonyl (C=O) groups is 3. The van der Waals surface area contributed by atoms with Crippen molar-refractivity contribution in [3.8, 4) is 0 Å². The summed E-state index contributed by atoms with van der Waals surface area (Å²) in [7, 11) is 1.77. The van der Waals surface area contributed by atoms with Gasteiger partial charge in [-0.1, -0.05) is 106 Å². The number of benzene rings is 1. The molecule has 0 radical (unpaired) electrons. The van der Waals surface area contributed by atoms with Crippen LogP contribution in [0.2, 0.25) is 0 Å². The van der Waals surface area contributed by atoms with Gasteiger partial charge in [0.25, 0.3) is 0 Å². The smallest absolute Gasteiger partial charge is 0.308 e. The second-order valence-electron chi connectivity index (χ2n) is 21.4. The Morgan fingerprint density at radius 2 is 1.27 bits per heavy atom. The van der Waals surface area contributed by atoms with Gasteiger partial charge in [0, 0.05) is 68.7 Å². The Balaban J connectivity index is 1.51. The number of carbonyl (C=O) groups excluding carboxylic acids is 3. The van der Waals surface area contributed by atoms with Crippen LogP contribution in [0, 0.1) is 17.8 Å². The molecule has 2 unspecified atom stereocenters. The number of fused-ring (bicyclic) bond motifs is 2. The summed E-state index contributed by atoms with van der Waals surface area (Å²) in [6.45, 7) is 7.09. The van der Waals surface area contributed by atoms with E-state index in [1.807, 2.05) is 50.3 Å².